The number of imidazole rings is 1. The van der Waals surface area contributed by atoms with Crippen molar-refractivity contribution in [2.75, 3.05) is 25.1 Å². The number of terminal acetylenes is 1. The maximum Gasteiger partial charge on any atom is 0.319 e. The Hall–Kier alpha value is -3.66. The molecule has 0 aliphatic heterocycles. The van der Waals surface area contributed by atoms with E-state index in [-0.39, 0.29) is 12.6 Å². The molecule has 3 N–H and O–H groups in total. The molecule has 7 nitrogen and oxygen atoms in total. The molecule has 2 amide bonds. The van der Waals surface area contributed by atoms with Gasteiger partial charge in [-0.25, -0.2) is 9.78 Å². The molecule has 3 rings (SSSR count). The second-order valence-electron chi connectivity index (χ2n) is 5.89. The Morgan fingerprint density at radius 2 is 2.07 bits per heavy atom. The summed E-state index contributed by atoms with van der Waals surface area (Å²) >= 11 is 0. The van der Waals surface area contributed by atoms with E-state index in [1.165, 1.54) is 0 Å². The van der Waals surface area contributed by atoms with Crippen LogP contribution in [-0.2, 0) is 0 Å². The van der Waals surface area contributed by atoms with Crippen molar-refractivity contribution in [1.29, 1.82) is 0 Å². The quantitative estimate of drug-likeness (QED) is 0.546. The largest absolute Gasteiger partial charge is 0.493 e. The van der Waals surface area contributed by atoms with Crippen molar-refractivity contribution in [3.05, 3.63) is 36.4 Å². The van der Waals surface area contributed by atoms with Crippen molar-refractivity contribution >= 4 is 22.8 Å². The molecule has 0 fully saturated rings. The van der Waals surface area contributed by atoms with Crippen molar-refractivity contribution in [2.24, 2.45) is 0 Å². The number of carbonyl (C=O) groups excluding carboxylic acids is 1. The van der Waals surface area contributed by atoms with E-state index in [2.05, 4.69) is 26.5 Å². The van der Waals surface area contributed by atoms with Crippen LogP contribution in [0.2, 0.25) is 0 Å². The first-order valence-corrected chi connectivity index (χ1v) is 9.02. The number of nitrogens with zero attached hydrogens (tertiary/aromatic N) is 1. The van der Waals surface area contributed by atoms with E-state index >= 15 is 0 Å². The number of H-pyrrole nitrogens is 1. The third kappa shape index (κ3) is 4.35. The van der Waals surface area contributed by atoms with Gasteiger partial charge in [-0.3, -0.25) is 0 Å². The number of carbonyl (C=O) groups is 1. The maximum absolute atomic E-state index is 11.7. The lowest BCUT2D eigenvalue weighted by molar-refractivity contribution is 0.252. The highest BCUT2D eigenvalue weighted by Gasteiger charge is 2.13. The molecular weight excluding hydrogens is 356 g/mol. The summed E-state index contributed by atoms with van der Waals surface area (Å²) in [6.07, 6.45) is 5.24. The number of hydrogen-bond acceptors (Lipinski definition) is 4. The van der Waals surface area contributed by atoms with Gasteiger partial charge in [0.1, 0.15) is 23.9 Å². The Morgan fingerprint density at radius 3 is 2.82 bits per heavy atom. The van der Waals surface area contributed by atoms with E-state index in [1.807, 2.05) is 44.2 Å². The fraction of sp³-hybridized carbons (Fsp3) is 0.238. The molecule has 0 spiro atoms. The molecule has 7 heteroatoms. The highest BCUT2D eigenvalue weighted by molar-refractivity contribution is 5.92. The SMILES string of the molecule is C#CCOc1ccc(-c2nc3cc(NC(=O)NCC)ccc3[nH]2)c(OCC)c1. The van der Waals surface area contributed by atoms with Gasteiger partial charge in [0.25, 0.3) is 0 Å². The fourth-order valence-corrected chi connectivity index (χ4v) is 2.73. The van der Waals surface area contributed by atoms with Crippen LogP contribution in [0, 0.1) is 12.3 Å². The zero-order chi connectivity index (χ0) is 19.9. The van der Waals surface area contributed by atoms with E-state index in [4.69, 9.17) is 15.9 Å². The number of aromatic amines is 1. The fourth-order valence-electron chi connectivity index (χ4n) is 2.73. The first-order valence-electron chi connectivity index (χ1n) is 9.02. The normalized spacial score (nSPS) is 10.3. The Labute approximate surface area is 163 Å². The maximum atomic E-state index is 11.7. The number of aromatic nitrogens is 2. The van der Waals surface area contributed by atoms with Crippen LogP contribution in [0.25, 0.3) is 22.4 Å². The van der Waals surface area contributed by atoms with Gasteiger partial charge in [0, 0.05) is 18.3 Å². The summed E-state index contributed by atoms with van der Waals surface area (Å²) in [7, 11) is 0. The van der Waals surface area contributed by atoms with Gasteiger partial charge >= 0.3 is 6.03 Å². The number of amides is 2. The zero-order valence-corrected chi connectivity index (χ0v) is 15.8. The number of anilines is 1. The molecule has 28 heavy (non-hydrogen) atoms. The highest BCUT2D eigenvalue weighted by Crippen LogP contribution is 2.33. The van der Waals surface area contributed by atoms with Gasteiger partial charge in [-0.05, 0) is 44.2 Å². The third-order valence-corrected chi connectivity index (χ3v) is 3.91. The molecule has 3 aromatic rings. The van der Waals surface area contributed by atoms with Crippen LogP contribution in [-0.4, -0.2) is 35.8 Å². The zero-order valence-electron chi connectivity index (χ0n) is 15.8. The molecule has 0 unspecified atom stereocenters. The van der Waals surface area contributed by atoms with Crippen molar-refractivity contribution in [3.63, 3.8) is 0 Å². The minimum absolute atomic E-state index is 0.191. The summed E-state index contributed by atoms with van der Waals surface area (Å²) < 4.78 is 11.2. The van der Waals surface area contributed by atoms with Crippen LogP contribution in [0.5, 0.6) is 11.5 Å². The Morgan fingerprint density at radius 1 is 1.21 bits per heavy atom. The Bertz CT molecular complexity index is 1020. The molecule has 0 bridgehead atoms. The smallest absolute Gasteiger partial charge is 0.319 e. The van der Waals surface area contributed by atoms with E-state index < -0.39 is 0 Å². The van der Waals surface area contributed by atoms with Gasteiger partial charge in [-0.1, -0.05) is 5.92 Å². The summed E-state index contributed by atoms with van der Waals surface area (Å²) in [6.45, 7) is 5.03. The minimum Gasteiger partial charge on any atom is -0.493 e. The van der Waals surface area contributed by atoms with Crippen LogP contribution in [0.1, 0.15) is 13.8 Å². The Balaban J connectivity index is 1.92. The van der Waals surface area contributed by atoms with Crippen LogP contribution in [0.4, 0.5) is 10.5 Å². The van der Waals surface area contributed by atoms with Crippen molar-refractivity contribution < 1.29 is 14.3 Å². The van der Waals surface area contributed by atoms with Crippen LogP contribution < -0.4 is 20.1 Å². The van der Waals surface area contributed by atoms with Crippen molar-refractivity contribution in [3.8, 4) is 35.2 Å². The average Bonchev–Trinajstić information content (AvgIpc) is 3.10. The second kappa shape index (κ2) is 8.82. The number of urea groups is 1. The average molecular weight is 378 g/mol. The first-order chi connectivity index (χ1) is 13.6. The van der Waals surface area contributed by atoms with E-state index in [0.717, 1.165) is 16.6 Å². The highest BCUT2D eigenvalue weighted by atomic mass is 16.5. The van der Waals surface area contributed by atoms with Gasteiger partial charge in [-0.2, -0.15) is 0 Å². The van der Waals surface area contributed by atoms with Gasteiger partial charge in [-0.15, -0.1) is 6.42 Å². The van der Waals surface area contributed by atoms with Gasteiger partial charge < -0.3 is 25.1 Å². The third-order valence-electron chi connectivity index (χ3n) is 3.91. The molecule has 0 radical (unpaired) electrons. The molecule has 0 atom stereocenters. The molecule has 144 valence electrons. The summed E-state index contributed by atoms with van der Waals surface area (Å²) in [5, 5.41) is 5.48. The second-order valence-corrected chi connectivity index (χ2v) is 5.89. The number of fused-ring (bicyclic) bond motifs is 1. The number of benzene rings is 2. The summed E-state index contributed by atoms with van der Waals surface area (Å²) in [5.41, 5.74) is 3.06. The summed E-state index contributed by atoms with van der Waals surface area (Å²) in [6, 6.07) is 10.8. The van der Waals surface area contributed by atoms with E-state index in [1.54, 1.807) is 6.07 Å². The van der Waals surface area contributed by atoms with Crippen LogP contribution in [0.3, 0.4) is 0 Å². The van der Waals surface area contributed by atoms with Crippen LogP contribution >= 0.6 is 0 Å². The number of ether oxygens (including phenoxy) is 2. The lowest BCUT2D eigenvalue weighted by Crippen LogP contribution is -2.28. The number of nitrogens with one attached hydrogen (secondary N) is 3. The molecule has 1 aromatic heterocycles. The summed E-state index contributed by atoms with van der Waals surface area (Å²) in [5.74, 6) is 4.39. The lowest BCUT2D eigenvalue weighted by atomic mass is 10.2. The number of rotatable bonds is 7. The van der Waals surface area contributed by atoms with Gasteiger partial charge in [0.05, 0.1) is 23.2 Å². The molecule has 0 saturated heterocycles. The van der Waals surface area contributed by atoms with Crippen molar-refractivity contribution in [2.45, 2.75) is 13.8 Å². The number of hydrogen-bond donors (Lipinski definition) is 3. The van der Waals surface area contributed by atoms with Gasteiger partial charge in [0.2, 0.25) is 0 Å². The molecule has 2 aromatic carbocycles. The van der Waals surface area contributed by atoms with Gasteiger partial charge in [0.15, 0.2) is 0 Å². The topological polar surface area (TPSA) is 88.3 Å². The molecule has 0 aliphatic carbocycles. The van der Waals surface area contributed by atoms with E-state index in [0.29, 0.717) is 36.2 Å². The standard InChI is InChI=1S/C21H22N4O3/c1-4-11-28-15-8-9-16(19(13-15)27-6-3)20-24-17-10-7-14(12-18(17)25-20)23-21(26)22-5-2/h1,7-10,12-13H,5-6,11H2,2-3H3,(H,24,25)(H2,22,23,26). The molecule has 0 saturated carbocycles. The van der Waals surface area contributed by atoms with Crippen LogP contribution in [0.15, 0.2) is 36.4 Å². The molecule has 1 heterocycles. The Kier molecular flexibility index (Phi) is 6.02. The first kappa shape index (κ1) is 19.1. The van der Waals surface area contributed by atoms with Crippen molar-refractivity contribution in [1.82, 2.24) is 15.3 Å². The summed E-state index contributed by atoms with van der Waals surface area (Å²) in [4.78, 5) is 19.6. The monoisotopic (exact) mass is 378 g/mol. The minimum atomic E-state index is -0.251. The predicted octanol–water partition coefficient (Wildman–Crippen LogP) is 3.78. The van der Waals surface area contributed by atoms with E-state index in [9.17, 15) is 4.79 Å². The lowest BCUT2D eigenvalue weighted by Gasteiger charge is -2.10. The molecular formula is C21H22N4O3. The molecule has 0 aliphatic rings. The predicted molar refractivity (Wildman–Crippen MR) is 110 cm³/mol.